The van der Waals surface area contributed by atoms with Crippen LogP contribution in [0.1, 0.15) is 18.4 Å². The van der Waals surface area contributed by atoms with Gasteiger partial charge in [0.05, 0.1) is 18.4 Å². The zero-order valence-electron chi connectivity index (χ0n) is 10.6. The number of rotatable bonds is 4. The molecule has 0 aliphatic carbocycles. The SMILES string of the molecule is COC(=O)[C@@H](C)c1ccc(Nc2nc(O)cs2)cc1. The van der Waals surface area contributed by atoms with E-state index in [9.17, 15) is 4.79 Å². The third kappa shape index (κ3) is 3.23. The van der Waals surface area contributed by atoms with Crippen molar-refractivity contribution in [3.8, 4) is 5.88 Å². The van der Waals surface area contributed by atoms with Crippen molar-refractivity contribution in [2.45, 2.75) is 12.8 Å². The van der Waals surface area contributed by atoms with Crippen molar-refractivity contribution in [2.75, 3.05) is 12.4 Å². The molecule has 0 aliphatic rings. The minimum atomic E-state index is -0.289. The molecule has 1 aromatic carbocycles. The number of esters is 1. The Kier molecular flexibility index (Phi) is 4.01. The number of carbonyl (C=O) groups is 1. The molecule has 0 saturated carbocycles. The van der Waals surface area contributed by atoms with Gasteiger partial charge in [0.25, 0.3) is 0 Å². The van der Waals surface area contributed by atoms with Gasteiger partial charge in [-0.15, -0.1) is 11.3 Å². The molecule has 0 bridgehead atoms. The van der Waals surface area contributed by atoms with Crippen LogP contribution >= 0.6 is 11.3 Å². The van der Waals surface area contributed by atoms with Crippen molar-refractivity contribution in [1.29, 1.82) is 0 Å². The topological polar surface area (TPSA) is 71.5 Å². The molecule has 0 aliphatic heterocycles. The van der Waals surface area contributed by atoms with E-state index in [2.05, 4.69) is 10.3 Å². The quantitative estimate of drug-likeness (QED) is 0.841. The summed E-state index contributed by atoms with van der Waals surface area (Å²) in [6, 6.07) is 7.43. The minimum absolute atomic E-state index is 0.00318. The van der Waals surface area contributed by atoms with Crippen LogP contribution in [0.25, 0.3) is 0 Å². The van der Waals surface area contributed by atoms with Gasteiger partial charge >= 0.3 is 5.97 Å². The molecule has 1 atom stereocenters. The van der Waals surface area contributed by atoms with E-state index in [1.165, 1.54) is 18.4 Å². The van der Waals surface area contributed by atoms with Crippen molar-refractivity contribution in [3.63, 3.8) is 0 Å². The van der Waals surface area contributed by atoms with E-state index in [1.54, 1.807) is 12.3 Å². The average Bonchev–Trinajstić information content (AvgIpc) is 2.83. The van der Waals surface area contributed by atoms with Crippen molar-refractivity contribution in [3.05, 3.63) is 35.2 Å². The first-order valence-electron chi connectivity index (χ1n) is 5.69. The summed E-state index contributed by atoms with van der Waals surface area (Å²) in [5.41, 5.74) is 1.73. The first-order chi connectivity index (χ1) is 9.10. The van der Waals surface area contributed by atoms with Crippen molar-refractivity contribution in [2.24, 2.45) is 0 Å². The monoisotopic (exact) mass is 278 g/mol. The maximum atomic E-state index is 11.4. The maximum Gasteiger partial charge on any atom is 0.312 e. The molecule has 19 heavy (non-hydrogen) atoms. The molecule has 2 N–H and O–H groups in total. The first-order valence-corrected chi connectivity index (χ1v) is 6.57. The van der Waals surface area contributed by atoms with E-state index in [-0.39, 0.29) is 17.8 Å². The number of nitrogens with zero attached hydrogens (tertiary/aromatic N) is 1. The predicted octanol–water partition coefficient (Wildman–Crippen LogP) is 2.87. The van der Waals surface area contributed by atoms with Crippen molar-refractivity contribution in [1.82, 2.24) is 4.98 Å². The second-order valence-corrected chi connectivity index (χ2v) is 4.86. The van der Waals surface area contributed by atoms with Crippen molar-refractivity contribution < 1.29 is 14.6 Å². The predicted molar refractivity (Wildman–Crippen MR) is 73.9 cm³/mol. The highest BCUT2D eigenvalue weighted by Gasteiger charge is 2.15. The van der Waals surface area contributed by atoms with Crippen LogP contribution in [0.3, 0.4) is 0 Å². The lowest BCUT2D eigenvalue weighted by Gasteiger charge is -2.10. The van der Waals surface area contributed by atoms with E-state index in [0.717, 1.165) is 11.3 Å². The summed E-state index contributed by atoms with van der Waals surface area (Å²) in [6.07, 6.45) is 0. The van der Waals surface area contributed by atoms with Crippen LogP contribution in [0.2, 0.25) is 0 Å². The number of hydrogen-bond acceptors (Lipinski definition) is 6. The third-order valence-corrected chi connectivity index (χ3v) is 3.45. The molecule has 1 aromatic heterocycles. The lowest BCUT2D eigenvalue weighted by atomic mass is 10.0. The van der Waals surface area contributed by atoms with Crippen LogP contribution in [0.4, 0.5) is 10.8 Å². The Hall–Kier alpha value is -2.08. The van der Waals surface area contributed by atoms with E-state index in [0.29, 0.717) is 5.13 Å². The Bertz CT molecular complexity index is 566. The number of benzene rings is 1. The molecule has 2 rings (SSSR count). The maximum absolute atomic E-state index is 11.4. The van der Waals surface area contributed by atoms with Gasteiger partial charge in [0.1, 0.15) is 0 Å². The van der Waals surface area contributed by atoms with E-state index >= 15 is 0 Å². The van der Waals surface area contributed by atoms with Crippen LogP contribution in [-0.2, 0) is 9.53 Å². The summed E-state index contributed by atoms with van der Waals surface area (Å²) in [7, 11) is 1.38. The Morgan fingerprint density at radius 2 is 2.11 bits per heavy atom. The fourth-order valence-electron chi connectivity index (χ4n) is 1.61. The highest BCUT2D eigenvalue weighted by molar-refractivity contribution is 7.13. The summed E-state index contributed by atoms with van der Waals surface area (Å²) in [4.78, 5) is 15.3. The molecule has 0 radical (unpaired) electrons. The molecular formula is C13H14N2O3S. The number of aromatic nitrogens is 1. The number of carbonyl (C=O) groups excluding carboxylic acids is 1. The lowest BCUT2D eigenvalue weighted by Crippen LogP contribution is -2.10. The van der Waals surface area contributed by atoms with Gasteiger partial charge in [-0.1, -0.05) is 12.1 Å². The molecule has 0 saturated heterocycles. The van der Waals surface area contributed by atoms with Gasteiger partial charge in [-0.3, -0.25) is 4.79 Å². The molecule has 2 aromatic rings. The number of aromatic hydroxyl groups is 1. The van der Waals surface area contributed by atoms with Gasteiger partial charge in [0, 0.05) is 5.69 Å². The fourth-order valence-corrected chi connectivity index (χ4v) is 2.21. The van der Waals surface area contributed by atoms with Gasteiger partial charge < -0.3 is 15.2 Å². The molecule has 0 unspecified atom stereocenters. The van der Waals surface area contributed by atoms with E-state index < -0.39 is 0 Å². The van der Waals surface area contributed by atoms with Crippen LogP contribution in [0.5, 0.6) is 5.88 Å². The number of hydrogen-bond donors (Lipinski definition) is 2. The molecule has 0 amide bonds. The Morgan fingerprint density at radius 1 is 1.42 bits per heavy atom. The van der Waals surface area contributed by atoms with Gasteiger partial charge in [0.15, 0.2) is 5.13 Å². The average molecular weight is 278 g/mol. The number of ether oxygens (including phenoxy) is 1. The van der Waals surface area contributed by atoms with Gasteiger partial charge in [-0.05, 0) is 24.6 Å². The zero-order valence-corrected chi connectivity index (χ0v) is 11.4. The lowest BCUT2D eigenvalue weighted by molar-refractivity contribution is -0.141. The normalized spacial score (nSPS) is 11.9. The number of thiazole rings is 1. The molecule has 0 spiro atoms. The van der Waals surface area contributed by atoms with Crippen LogP contribution in [-0.4, -0.2) is 23.2 Å². The third-order valence-electron chi connectivity index (χ3n) is 2.71. The largest absolute Gasteiger partial charge is 0.493 e. The Morgan fingerprint density at radius 3 is 2.63 bits per heavy atom. The summed E-state index contributed by atoms with van der Waals surface area (Å²) < 4.78 is 4.70. The highest BCUT2D eigenvalue weighted by atomic mass is 32.1. The van der Waals surface area contributed by atoms with E-state index in [4.69, 9.17) is 9.84 Å². The summed E-state index contributed by atoms with van der Waals surface area (Å²) in [5.74, 6) is -0.544. The molecule has 100 valence electrons. The standard InChI is InChI=1S/C13H14N2O3S/c1-8(12(17)18-2)9-3-5-10(6-4-9)14-13-15-11(16)7-19-13/h3-8,16H,1-2H3,(H,14,15)/t8-/m0/s1. The highest BCUT2D eigenvalue weighted by Crippen LogP contribution is 2.25. The van der Waals surface area contributed by atoms with Gasteiger partial charge in [0.2, 0.25) is 5.88 Å². The summed E-state index contributed by atoms with van der Waals surface area (Å²) in [5, 5.41) is 14.4. The Labute approximate surface area is 114 Å². The number of anilines is 2. The first kappa shape index (κ1) is 13.4. The second-order valence-electron chi connectivity index (χ2n) is 4.00. The van der Waals surface area contributed by atoms with Crippen molar-refractivity contribution >= 4 is 28.1 Å². The molecule has 6 heteroatoms. The minimum Gasteiger partial charge on any atom is -0.493 e. The Balaban J connectivity index is 2.08. The van der Waals surface area contributed by atoms with E-state index in [1.807, 2.05) is 24.3 Å². The summed E-state index contributed by atoms with van der Waals surface area (Å²) >= 11 is 1.32. The second kappa shape index (κ2) is 5.71. The molecular weight excluding hydrogens is 264 g/mol. The molecule has 5 nitrogen and oxygen atoms in total. The molecule has 1 heterocycles. The van der Waals surface area contributed by atoms with Crippen LogP contribution in [0.15, 0.2) is 29.6 Å². The summed E-state index contributed by atoms with van der Waals surface area (Å²) in [6.45, 7) is 1.80. The number of nitrogens with one attached hydrogen (secondary N) is 1. The van der Waals surface area contributed by atoms with Crippen LogP contribution < -0.4 is 5.32 Å². The fraction of sp³-hybridized carbons (Fsp3) is 0.231. The molecule has 0 fully saturated rings. The zero-order chi connectivity index (χ0) is 13.8. The van der Waals surface area contributed by atoms with Gasteiger partial charge in [-0.25, -0.2) is 0 Å². The number of methoxy groups -OCH3 is 1. The smallest absolute Gasteiger partial charge is 0.312 e. The van der Waals surface area contributed by atoms with Gasteiger partial charge in [-0.2, -0.15) is 4.98 Å². The van der Waals surface area contributed by atoms with Crippen LogP contribution in [0, 0.1) is 0 Å².